The van der Waals surface area contributed by atoms with Crippen molar-refractivity contribution in [3.63, 3.8) is 0 Å². The van der Waals surface area contributed by atoms with Gasteiger partial charge in [-0.15, -0.1) is 0 Å². The Morgan fingerprint density at radius 3 is 2.82 bits per heavy atom. The third-order valence-corrected chi connectivity index (χ3v) is 2.80. The van der Waals surface area contributed by atoms with E-state index in [1.807, 2.05) is 6.92 Å². The molecule has 1 atom stereocenters. The van der Waals surface area contributed by atoms with E-state index < -0.39 is 11.7 Å². The van der Waals surface area contributed by atoms with E-state index in [1.54, 1.807) is 6.07 Å². The molecule has 17 heavy (non-hydrogen) atoms. The lowest BCUT2D eigenvalue weighted by Crippen LogP contribution is -2.33. The van der Waals surface area contributed by atoms with Crippen LogP contribution in [0.1, 0.15) is 23.7 Å². The van der Waals surface area contributed by atoms with Crippen LogP contribution in [0.4, 0.5) is 4.39 Å². The number of hydrogen-bond acceptors (Lipinski definition) is 2. The lowest BCUT2D eigenvalue weighted by molar-refractivity contribution is 0.0935. The minimum Gasteiger partial charge on any atom is -0.497 e. The van der Waals surface area contributed by atoms with Crippen LogP contribution in [0.5, 0.6) is 5.75 Å². The van der Waals surface area contributed by atoms with Crippen LogP contribution in [0, 0.1) is 5.82 Å². The third kappa shape index (κ3) is 4.00. The molecule has 0 spiro atoms. The van der Waals surface area contributed by atoms with Crippen LogP contribution in [0.15, 0.2) is 18.2 Å². The molecule has 5 heteroatoms. The summed E-state index contributed by atoms with van der Waals surface area (Å²) in [5.41, 5.74) is 0.0345. The van der Waals surface area contributed by atoms with E-state index in [-0.39, 0.29) is 11.6 Å². The van der Waals surface area contributed by atoms with Crippen LogP contribution in [-0.2, 0) is 0 Å². The summed E-state index contributed by atoms with van der Waals surface area (Å²) in [5.74, 6) is -0.584. The van der Waals surface area contributed by atoms with Crippen molar-refractivity contribution in [1.29, 1.82) is 0 Å². The number of methoxy groups -OCH3 is 1. The Bertz CT molecular complexity index is 398. The van der Waals surface area contributed by atoms with Gasteiger partial charge in [0.25, 0.3) is 5.91 Å². The number of nitrogens with one attached hydrogen (secondary N) is 1. The van der Waals surface area contributed by atoms with Crippen LogP contribution in [0.25, 0.3) is 0 Å². The summed E-state index contributed by atoms with van der Waals surface area (Å²) >= 11 is 3.29. The molecule has 94 valence electrons. The number of ether oxygens (including phenoxy) is 1. The summed E-state index contributed by atoms with van der Waals surface area (Å²) in [5, 5.41) is 3.52. The highest BCUT2D eigenvalue weighted by molar-refractivity contribution is 9.09. The van der Waals surface area contributed by atoms with Crippen LogP contribution in [0.3, 0.4) is 0 Å². The number of carbonyl (C=O) groups excluding carboxylic acids is 1. The minimum absolute atomic E-state index is 0.00313. The fourth-order valence-corrected chi connectivity index (χ4v) is 2.03. The summed E-state index contributed by atoms with van der Waals surface area (Å²) in [6.07, 6.45) is 0.795. The third-order valence-electron chi connectivity index (χ3n) is 2.34. The molecule has 1 aromatic carbocycles. The molecule has 0 radical (unpaired) electrons. The Balaban J connectivity index is 2.75. The highest BCUT2D eigenvalue weighted by Gasteiger charge is 2.14. The van der Waals surface area contributed by atoms with Crippen LogP contribution >= 0.6 is 15.9 Å². The molecule has 1 unspecified atom stereocenters. The minimum atomic E-state index is -0.576. The largest absolute Gasteiger partial charge is 0.497 e. The summed E-state index contributed by atoms with van der Waals surface area (Å²) in [4.78, 5) is 11.7. The smallest absolute Gasteiger partial charge is 0.254 e. The lowest BCUT2D eigenvalue weighted by atomic mass is 10.1. The van der Waals surface area contributed by atoms with Crippen molar-refractivity contribution in [2.45, 2.75) is 19.4 Å². The normalized spacial score (nSPS) is 12.0. The Kier molecular flexibility index (Phi) is 5.41. The van der Waals surface area contributed by atoms with E-state index in [0.717, 1.165) is 11.8 Å². The van der Waals surface area contributed by atoms with Gasteiger partial charge in [-0.3, -0.25) is 4.79 Å². The summed E-state index contributed by atoms with van der Waals surface area (Å²) < 4.78 is 18.4. The molecule has 0 saturated heterocycles. The van der Waals surface area contributed by atoms with Gasteiger partial charge in [-0.25, -0.2) is 4.39 Å². The number of alkyl halides is 1. The molecule has 0 aliphatic rings. The highest BCUT2D eigenvalue weighted by Crippen LogP contribution is 2.16. The maximum absolute atomic E-state index is 13.6. The average molecular weight is 304 g/mol. The number of amides is 1. The molecule has 3 nitrogen and oxygen atoms in total. The topological polar surface area (TPSA) is 38.3 Å². The first-order chi connectivity index (χ1) is 8.08. The molecule has 1 amide bonds. The molecule has 0 aliphatic carbocycles. The number of rotatable bonds is 5. The SMILES string of the molecule is COc1ccc(C(=O)NC(C)CCBr)c(F)c1. The first-order valence-electron chi connectivity index (χ1n) is 5.29. The van der Waals surface area contributed by atoms with Crippen molar-refractivity contribution in [2.75, 3.05) is 12.4 Å². The molecule has 1 N–H and O–H groups in total. The van der Waals surface area contributed by atoms with Gasteiger partial charge in [-0.1, -0.05) is 15.9 Å². The van der Waals surface area contributed by atoms with Gasteiger partial charge in [-0.05, 0) is 25.5 Å². The van der Waals surface area contributed by atoms with Crippen molar-refractivity contribution in [2.24, 2.45) is 0 Å². The van der Waals surface area contributed by atoms with E-state index in [9.17, 15) is 9.18 Å². The summed E-state index contributed by atoms with van der Waals surface area (Å²) in [6.45, 7) is 1.88. The molecule has 0 fully saturated rings. The van der Waals surface area contributed by atoms with Crippen molar-refractivity contribution in [3.8, 4) is 5.75 Å². The monoisotopic (exact) mass is 303 g/mol. The van der Waals surface area contributed by atoms with Crippen LogP contribution in [-0.4, -0.2) is 24.4 Å². The van der Waals surface area contributed by atoms with E-state index in [0.29, 0.717) is 5.75 Å². The number of hydrogen-bond donors (Lipinski definition) is 1. The second kappa shape index (κ2) is 6.59. The molecule has 0 bridgehead atoms. The molecule has 0 aliphatic heterocycles. The molecule has 1 aromatic rings. The predicted octanol–water partition coefficient (Wildman–Crippen LogP) is 2.74. The first-order valence-corrected chi connectivity index (χ1v) is 6.41. The van der Waals surface area contributed by atoms with Gasteiger partial charge in [0.15, 0.2) is 0 Å². The number of benzene rings is 1. The van der Waals surface area contributed by atoms with Gasteiger partial charge in [0, 0.05) is 17.4 Å². The Labute approximate surface area is 108 Å². The van der Waals surface area contributed by atoms with Crippen LogP contribution in [0.2, 0.25) is 0 Å². The number of carbonyl (C=O) groups is 1. The van der Waals surface area contributed by atoms with Gasteiger partial charge in [0.1, 0.15) is 11.6 Å². The van der Waals surface area contributed by atoms with Gasteiger partial charge in [-0.2, -0.15) is 0 Å². The van der Waals surface area contributed by atoms with Crippen molar-refractivity contribution in [3.05, 3.63) is 29.6 Å². The van der Waals surface area contributed by atoms with Gasteiger partial charge < -0.3 is 10.1 Å². The van der Waals surface area contributed by atoms with Crippen LogP contribution < -0.4 is 10.1 Å². The molecule has 0 aromatic heterocycles. The Morgan fingerprint density at radius 1 is 1.59 bits per heavy atom. The average Bonchev–Trinajstić information content (AvgIpc) is 2.28. The zero-order valence-electron chi connectivity index (χ0n) is 9.80. The fourth-order valence-electron chi connectivity index (χ4n) is 1.34. The zero-order chi connectivity index (χ0) is 12.8. The van der Waals surface area contributed by atoms with Gasteiger partial charge in [0.2, 0.25) is 0 Å². The van der Waals surface area contributed by atoms with Crippen molar-refractivity contribution < 1.29 is 13.9 Å². The lowest BCUT2D eigenvalue weighted by Gasteiger charge is -2.13. The molecule has 0 heterocycles. The van der Waals surface area contributed by atoms with Gasteiger partial charge in [0.05, 0.1) is 12.7 Å². The summed E-state index contributed by atoms with van der Waals surface area (Å²) in [6, 6.07) is 4.19. The molecule has 0 saturated carbocycles. The second-order valence-electron chi connectivity index (χ2n) is 3.70. The second-order valence-corrected chi connectivity index (χ2v) is 4.49. The molecular weight excluding hydrogens is 289 g/mol. The predicted molar refractivity (Wildman–Crippen MR) is 68.3 cm³/mol. The first kappa shape index (κ1) is 14.0. The van der Waals surface area contributed by atoms with E-state index in [2.05, 4.69) is 21.2 Å². The standard InChI is InChI=1S/C12H15BrFNO2/c1-8(5-6-13)15-12(16)10-4-3-9(17-2)7-11(10)14/h3-4,7-8H,5-6H2,1-2H3,(H,15,16). The molecular formula is C12H15BrFNO2. The Morgan fingerprint density at radius 2 is 2.29 bits per heavy atom. The number of halogens is 2. The highest BCUT2D eigenvalue weighted by atomic mass is 79.9. The quantitative estimate of drug-likeness (QED) is 0.850. The van der Waals surface area contributed by atoms with Crippen molar-refractivity contribution in [1.82, 2.24) is 5.32 Å². The fraction of sp³-hybridized carbons (Fsp3) is 0.417. The maximum atomic E-state index is 13.6. The maximum Gasteiger partial charge on any atom is 0.254 e. The van der Waals surface area contributed by atoms with Gasteiger partial charge >= 0.3 is 0 Å². The van der Waals surface area contributed by atoms with Crippen molar-refractivity contribution >= 4 is 21.8 Å². The Hall–Kier alpha value is -1.10. The van der Waals surface area contributed by atoms with E-state index in [1.165, 1.54) is 19.2 Å². The summed E-state index contributed by atoms with van der Waals surface area (Å²) in [7, 11) is 1.45. The zero-order valence-corrected chi connectivity index (χ0v) is 11.4. The van der Waals surface area contributed by atoms with E-state index >= 15 is 0 Å². The van der Waals surface area contributed by atoms with E-state index in [4.69, 9.17) is 4.74 Å². The molecule has 1 rings (SSSR count).